The molecule has 0 atom stereocenters. The van der Waals surface area contributed by atoms with Crippen LogP contribution in [-0.4, -0.2) is 66.5 Å². The number of amides is 1. The third kappa shape index (κ3) is 4.26. The highest BCUT2D eigenvalue weighted by molar-refractivity contribution is 5.92. The van der Waals surface area contributed by atoms with Crippen molar-refractivity contribution >= 4 is 11.9 Å². The Morgan fingerprint density at radius 1 is 1.24 bits per heavy atom. The second kappa shape index (κ2) is 7.17. The maximum Gasteiger partial charge on any atom is 0.306 e. The monoisotopic (exact) mass is 291 g/mol. The molecule has 2 rings (SSSR count). The lowest BCUT2D eigenvalue weighted by Crippen LogP contribution is -2.49. The van der Waals surface area contributed by atoms with Gasteiger partial charge in [-0.1, -0.05) is 6.07 Å². The van der Waals surface area contributed by atoms with E-state index in [2.05, 4.69) is 14.6 Å². The molecule has 6 nitrogen and oxygen atoms in total. The number of piperazine rings is 1. The number of esters is 1. The lowest BCUT2D eigenvalue weighted by molar-refractivity contribution is -0.141. The van der Waals surface area contributed by atoms with Crippen molar-refractivity contribution in [3.05, 3.63) is 29.6 Å². The third-order valence-corrected chi connectivity index (χ3v) is 3.63. The number of carbonyl (C=O) groups is 2. The van der Waals surface area contributed by atoms with Gasteiger partial charge in [0.15, 0.2) is 0 Å². The minimum absolute atomic E-state index is 0.0219. The van der Waals surface area contributed by atoms with Crippen LogP contribution in [-0.2, 0) is 9.53 Å². The summed E-state index contributed by atoms with van der Waals surface area (Å²) in [5.74, 6) is -0.219. The van der Waals surface area contributed by atoms with Crippen LogP contribution in [0.1, 0.15) is 22.6 Å². The Labute approximate surface area is 124 Å². The Morgan fingerprint density at radius 3 is 2.57 bits per heavy atom. The molecular formula is C15H21N3O3. The second-order valence-corrected chi connectivity index (χ2v) is 5.12. The molecule has 1 aromatic rings. The summed E-state index contributed by atoms with van der Waals surface area (Å²) in [7, 11) is 1.40. The van der Waals surface area contributed by atoms with Gasteiger partial charge in [-0.3, -0.25) is 14.5 Å². The Balaban J connectivity index is 1.83. The maximum absolute atomic E-state index is 12.3. The van der Waals surface area contributed by atoms with Crippen LogP contribution < -0.4 is 0 Å². The molecule has 1 aliphatic rings. The summed E-state index contributed by atoms with van der Waals surface area (Å²) in [5.41, 5.74) is 1.34. The average Bonchev–Trinajstić information content (AvgIpc) is 2.52. The van der Waals surface area contributed by atoms with E-state index in [1.165, 1.54) is 7.11 Å². The first kappa shape index (κ1) is 15.4. The number of carbonyl (C=O) groups excluding carboxylic acids is 2. The van der Waals surface area contributed by atoms with Gasteiger partial charge in [-0.15, -0.1) is 0 Å². The normalized spacial score (nSPS) is 15.8. The van der Waals surface area contributed by atoms with Gasteiger partial charge in [0.25, 0.3) is 5.91 Å². The van der Waals surface area contributed by atoms with Gasteiger partial charge in [-0.25, -0.2) is 4.98 Å². The quantitative estimate of drug-likeness (QED) is 0.765. The summed E-state index contributed by atoms with van der Waals surface area (Å²) in [6, 6.07) is 5.47. The zero-order chi connectivity index (χ0) is 15.2. The molecule has 0 spiro atoms. The van der Waals surface area contributed by atoms with Crippen molar-refractivity contribution in [2.75, 3.05) is 39.8 Å². The van der Waals surface area contributed by atoms with E-state index < -0.39 is 0 Å². The first-order chi connectivity index (χ1) is 10.1. The number of rotatable bonds is 4. The third-order valence-electron chi connectivity index (χ3n) is 3.63. The molecule has 1 aliphatic heterocycles. The van der Waals surface area contributed by atoms with Gasteiger partial charge < -0.3 is 9.64 Å². The molecule has 0 aromatic carbocycles. The average molecular weight is 291 g/mol. The summed E-state index contributed by atoms with van der Waals surface area (Å²) in [6.07, 6.45) is 0.393. The van der Waals surface area contributed by atoms with E-state index in [9.17, 15) is 9.59 Å². The zero-order valence-corrected chi connectivity index (χ0v) is 12.5. The summed E-state index contributed by atoms with van der Waals surface area (Å²) in [5, 5.41) is 0. The van der Waals surface area contributed by atoms with Crippen LogP contribution in [0.15, 0.2) is 18.2 Å². The van der Waals surface area contributed by atoms with Crippen molar-refractivity contribution in [1.29, 1.82) is 0 Å². The largest absolute Gasteiger partial charge is 0.469 e. The lowest BCUT2D eigenvalue weighted by atomic mass is 10.2. The first-order valence-corrected chi connectivity index (χ1v) is 7.12. The van der Waals surface area contributed by atoms with Gasteiger partial charge >= 0.3 is 5.97 Å². The fourth-order valence-electron chi connectivity index (χ4n) is 2.35. The van der Waals surface area contributed by atoms with E-state index in [1.54, 1.807) is 6.07 Å². The fraction of sp³-hybridized carbons (Fsp3) is 0.533. The fourth-order valence-corrected chi connectivity index (χ4v) is 2.35. The van der Waals surface area contributed by atoms with Crippen LogP contribution in [0.4, 0.5) is 0 Å². The maximum atomic E-state index is 12.3. The van der Waals surface area contributed by atoms with Crippen LogP contribution in [0, 0.1) is 6.92 Å². The molecular weight excluding hydrogens is 270 g/mol. The number of methoxy groups -OCH3 is 1. The number of aromatic nitrogens is 1. The first-order valence-electron chi connectivity index (χ1n) is 7.12. The van der Waals surface area contributed by atoms with Gasteiger partial charge in [0.05, 0.1) is 13.5 Å². The number of hydrogen-bond donors (Lipinski definition) is 0. The van der Waals surface area contributed by atoms with Gasteiger partial charge in [0.2, 0.25) is 0 Å². The van der Waals surface area contributed by atoms with Crippen LogP contribution in [0.3, 0.4) is 0 Å². The smallest absolute Gasteiger partial charge is 0.306 e. The molecule has 1 aromatic heterocycles. The molecule has 114 valence electrons. The number of ether oxygens (including phenoxy) is 1. The molecule has 6 heteroatoms. The molecule has 1 saturated heterocycles. The number of nitrogens with zero attached hydrogens (tertiary/aromatic N) is 3. The van der Waals surface area contributed by atoms with Crippen LogP contribution in [0.25, 0.3) is 0 Å². The molecule has 0 unspecified atom stereocenters. The SMILES string of the molecule is COC(=O)CCN1CCN(C(=O)c2cccc(C)n2)CC1. The minimum Gasteiger partial charge on any atom is -0.469 e. The molecule has 1 amide bonds. The van der Waals surface area contributed by atoms with E-state index >= 15 is 0 Å². The predicted molar refractivity (Wildman–Crippen MR) is 78.0 cm³/mol. The highest BCUT2D eigenvalue weighted by atomic mass is 16.5. The second-order valence-electron chi connectivity index (χ2n) is 5.12. The van der Waals surface area contributed by atoms with Gasteiger partial charge in [-0.2, -0.15) is 0 Å². The Morgan fingerprint density at radius 2 is 1.95 bits per heavy atom. The van der Waals surface area contributed by atoms with Crippen LogP contribution in [0.5, 0.6) is 0 Å². The zero-order valence-electron chi connectivity index (χ0n) is 12.5. The molecule has 0 aliphatic carbocycles. The lowest BCUT2D eigenvalue weighted by Gasteiger charge is -2.34. The van der Waals surface area contributed by atoms with Gasteiger partial charge in [0.1, 0.15) is 5.69 Å². The summed E-state index contributed by atoms with van der Waals surface area (Å²) < 4.78 is 4.63. The molecule has 1 fully saturated rings. The Hall–Kier alpha value is -1.95. The summed E-state index contributed by atoms with van der Waals surface area (Å²) in [4.78, 5) is 31.7. The van der Waals surface area contributed by atoms with E-state index in [0.29, 0.717) is 31.7 Å². The van der Waals surface area contributed by atoms with Crippen molar-refractivity contribution in [3.8, 4) is 0 Å². The van der Waals surface area contributed by atoms with Crippen molar-refractivity contribution in [1.82, 2.24) is 14.8 Å². The van der Waals surface area contributed by atoms with E-state index in [-0.39, 0.29) is 11.9 Å². The summed E-state index contributed by atoms with van der Waals surface area (Å²) >= 11 is 0. The standard InChI is InChI=1S/C15H21N3O3/c1-12-4-3-5-13(16-12)15(20)18-10-8-17(9-11-18)7-6-14(19)21-2/h3-5H,6-11H2,1-2H3. The van der Waals surface area contributed by atoms with Crippen molar-refractivity contribution in [2.24, 2.45) is 0 Å². The van der Waals surface area contributed by atoms with Crippen molar-refractivity contribution in [2.45, 2.75) is 13.3 Å². The highest BCUT2D eigenvalue weighted by Gasteiger charge is 2.23. The predicted octanol–water partition coefficient (Wildman–Crippen LogP) is 0.711. The van der Waals surface area contributed by atoms with Crippen molar-refractivity contribution in [3.63, 3.8) is 0 Å². The van der Waals surface area contributed by atoms with Crippen molar-refractivity contribution < 1.29 is 14.3 Å². The van der Waals surface area contributed by atoms with E-state index in [4.69, 9.17) is 0 Å². The van der Waals surface area contributed by atoms with E-state index in [1.807, 2.05) is 24.0 Å². The van der Waals surface area contributed by atoms with Gasteiger partial charge in [-0.05, 0) is 19.1 Å². The molecule has 0 radical (unpaired) electrons. The highest BCUT2D eigenvalue weighted by Crippen LogP contribution is 2.08. The molecule has 0 saturated carbocycles. The molecule has 0 N–H and O–H groups in total. The van der Waals surface area contributed by atoms with Crippen LogP contribution >= 0.6 is 0 Å². The Bertz CT molecular complexity index is 511. The number of hydrogen-bond acceptors (Lipinski definition) is 5. The number of aryl methyl sites for hydroxylation is 1. The topological polar surface area (TPSA) is 62.7 Å². The summed E-state index contributed by atoms with van der Waals surface area (Å²) in [6.45, 7) is 5.42. The minimum atomic E-state index is -0.197. The van der Waals surface area contributed by atoms with Crippen LogP contribution in [0.2, 0.25) is 0 Å². The molecule has 21 heavy (non-hydrogen) atoms. The van der Waals surface area contributed by atoms with E-state index in [0.717, 1.165) is 18.8 Å². The molecule has 2 heterocycles. The van der Waals surface area contributed by atoms with Gasteiger partial charge in [0, 0.05) is 38.4 Å². The number of pyridine rings is 1. The Kier molecular flexibility index (Phi) is 5.27. The molecule has 0 bridgehead atoms.